The van der Waals surface area contributed by atoms with Crippen LogP contribution in [0.2, 0.25) is 0 Å². The van der Waals surface area contributed by atoms with Crippen LogP contribution in [0.4, 0.5) is 5.69 Å². The van der Waals surface area contributed by atoms with Gasteiger partial charge in [-0.2, -0.15) is 0 Å². The van der Waals surface area contributed by atoms with Crippen LogP contribution in [0.5, 0.6) is 0 Å². The van der Waals surface area contributed by atoms with E-state index < -0.39 is 0 Å². The molecule has 3 N–H and O–H groups in total. The predicted octanol–water partition coefficient (Wildman–Crippen LogP) is 3.15. The highest BCUT2D eigenvalue weighted by atomic mass is 16.5. The van der Waals surface area contributed by atoms with E-state index in [9.17, 15) is 5.11 Å². The smallest absolute Gasteiger partial charge is 0.191 e. The van der Waals surface area contributed by atoms with Crippen molar-refractivity contribution in [3.8, 4) is 0 Å². The molecule has 2 aliphatic rings. The minimum absolute atomic E-state index is 0.0447. The third-order valence-electron chi connectivity index (χ3n) is 7.53. The number of hydrogen-bond donors (Lipinski definition) is 3. The molecule has 1 saturated carbocycles. The maximum absolute atomic E-state index is 9.32. The number of hydrogen-bond acceptors (Lipinski definition) is 4. The normalized spacial score (nSPS) is 26.9. The monoisotopic (exact) mass is 416 g/mol. The average Bonchev–Trinajstić information content (AvgIpc) is 2.77. The summed E-state index contributed by atoms with van der Waals surface area (Å²) >= 11 is 0. The van der Waals surface area contributed by atoms with Crippen molar-refractivity contribution in [2.45, 2.75) is 65.1 Å². The molecule has 6 nitrogen and oxygen atoms in total. The van der Waals surface area contributed by atoms with Gasteiger partial charge in [0.2, 0.25) is 0 Å². The second-order valence-electron chi connectivity index (χ2n) is 9.53. The fraction of sp³-hybridized carbons (Fsp3) is 0.708. The quantitative estimate of drug-likeness (QED) is 0.471. The van der Waals surface area contributed by atoms with Crippen LogP contribution in [0.15, 0.2) is 29.3 Å². The van der Waals surface area contributed by atoms with Gasteiger partial charge >= 0.3 is 0 Å². The summed E-state index contributed by atoms with van der Waals surface area (Å²) in [5, 5.41) is 16.3. The molecule has 0 aromatic heterocycles. The molecular weight excluding hydrogens is 376 g/mol. The molecule has 30 heavy (non-hydrogen) atoms. The maximum atomic E-state index is 9.32. The van der Waals surface area contributed by atoms with Crippen molar-refractivity contribution >= 4 is 11.6 Å². The number of nitrogens with one attached hydrogen (secondary N) is 2. The molecule has 1 aromatic rings. The molecule has 0 spiro atoms. The van der Waals surface area contributed by atoms with Gasteiger partial charge in [-0.15, -0.1) is 0 Å². The summed E-state index contributed by atoms with van der Waals surface area (Å²) < 4.78 is 5.75. The molecule has 1 aromatic carbocycles. The lowest BCUT2D eigenvalue weighted by Gasteiger charge is -2.59. The van der Waals surface area contributed by atoms with Crippen molar-refractivity contribution in [1.29, 1.82) is 0 Å². The van der Waals surface area contributed by atoms with Gasteiger partial charge in [-0.1, -0.05) is 26.0 Å². The molecule has 1 saturated heterocycles. The zero-order valence-electron chi connectivity index (χ0n) is 19.4. The van der Waals surface area contributed by atoms with Crippen LogP contribution in [0.3, 0.4) is 0 Å². The number of ether oxygens (including phenoxy) is 1. The molecule has 3 rings (SSSR count). The summed E-state index contributed by atoms with van der Waals surface area (Å²) in [6, 6.07) is 9.09. The van der Waals surface area contributed by atoms with Gasteiger partial charge in [0.25, 0.3) is 0 Å². The van der Waals surface area contributed by atoms with Crippen LogP contribution < -0.4 is 15.5 Å². The second-order valence-corrected chi connectivity index (χ2v) is 9.53. The number of rotatable bonds is 7. The number of nitrogens with zero attached hydrogens (tertiary/aromatic N) is 2. The number of methoxy groups -OCH3 is 1. The Bertz CT molecular complexity index is 710. The van der Waals surface area contributed by atoms with Gasteiger partial charge in [-0.3, -0.25) is 0 Å². The van der Waals surface area contributed by atoms with Crippen molar-refractivity contribution in [2.75, 3.05) is 38.3 Å². The molecule has 2 atom stereocenters. The second kappa shape index (κ2) is 9.56. The molecule has 0 amide bonds. The van der Waals surface area contributed by atoms with Gasteiger partial charge in [0.05, 0.1) is 12.1 Å². The Kier molecular flexibility index (Phi) is 7.30. The zero-order chi connectivity index (χ0) is 21.8. The highest BCUT2D eigenvalue weighted by Crippen LogP contribution is 2.51. The molecule has 6 heteroatoms. The van der Waals surface area contributed by atoms with Crippen molar-refractivity contribution in [3.05, 3.63) is 29.8 Å². The Balaban J connectivity index is 1.57. The van der Waals surface area contributed by atoms with E-state index in [-0.39, 0.29) is 11.0 Å². The summed E-state index contributed by atoms with van der Waals surface area (Å²) in [6.07, 6.45) is 3.11. The predicted molar refractivity (Wildman–Crippen MR) is 124 cm³/mol. The van der Waals surface area contributed by atoms with Crippen LogP contribution >= 0.6 is 0 Å². The highest BCUT2D eigenvalue weighted by molar-refractivity contribution is 5.80. The number of guanidine groups is 1. The molecule has 2 unspecified atom stereocenters. The summed E-state index contributed by atoms with van der Waals surface area (Å²) in [5.41, 5.74) is 2.42. The third-order valence-corrected chi connectivity index (χ3v) is 7.53. The third kappa shape index (κ3) is 4.75. The largest absolute Gasteiger partial charge is 0.396 e. The zero-order valence-corrected chi connectivity index (χ0v) is 19.4. The summed E-state index contributed by atoms with van der Waals surface area (Å²) in [6.45, 7) is 12.6. The Hall–Kier alpha value is -1.79. The van der Waals surface area contributed by atoms with Crippen LogP contribution in [-0.4, -0.2) is 56.1 Å². The first-order valence-electron chi connectivity index (χ1n) is 11.4. The highest BCUT2D eigenvalue weighted by Gasteiger charge is 2.58. The molecule has 1 aliphatic carbocycles. The number of benzene rings is 1. The Morgan fingerprint density at radius 3 is 2.40 bits per heavy atom. The molecule has 0 radical (unpaired) electrons. The van der Waals surface area contributed by atoms with E-state index in [2.05, 4.69) is 67.5 Å². The van der Waals surface area contributed by atoms with Crippen LogP contribution in [-0.2, 0) is 11.3 Å². The molecule has 1 heterocycles. The van der Waals surface area contributed by atoms with E-state index in [1.54, 1.807) is 7.11 Å². The minimum Gasteiger partial charge on any atom is -0.396 e. The maximum Gasteiger partial charge on any atom is 0.191 e. The van der Waals surface area contributed by atoms with Crippen LogP contribution in [0.25, 0.3) is 0 Å². The van der Waals surface area contributed by atoms with Crippen molar-refractivity contribution in [3.63, 3.8) is 0 Å². The Labute approximate surface area is 182 Å². The lowest BCUT2D eigenvalue weighted by Crippen LogP contribution is -2.69. The molecule has 1 aliphatic heterocycles. The summed E-state index contributed by atoms with van der Waals surface area (Å²) in [5.74, 6) is 1.33. The lowest BCUT2D eigenvalue weighted by molar-refractivity contribution is -0.176. The standard InChI is InChI=1S/C24H40N4O2/c1-6-25-22(27-21-15-24(4,30-5)23(21,2)3)26-16-18-7-9-20(10-8-18)28-13-11-19(17-29)12-14-28/h7-10,19,21,29H,6,11-17H2,1-5H3,(H2,25,26,27). The SMILES string of the molecule is CCNC(=NCc1ccc(N2CCC(CO)CC2)cc1)NC1CC(C)(OC)C1(C)C. The minimum atomic E-state index is -0.0938. The summed E-state index contributed by atoms with van der Waals surface area (Å²) in [7, 11) is 1.80. The number of piperidine rings is 1. The first kappa shape index (κ1) is 22.9. The molecule has 2 fully saturated rings. The van der Waals surface area contributed by atoms with Gasteiger partial charge in [0.15, 0.2) is 5.96 Å². The Morgan fingerprint density at radius 1 is 1.20 bits per heavy atom. The lowest BCUT2D eigenvalue weighted by atomic mass is 9.56. The van der Waals surface area contributed by atoms with Gasteiger partial charge in [0.1, 0.15) is 0 Å². The number of anilines is 1. The number of aliphatic hydroxyl groups excluding tert-OH is 1. The van der Waals surface area contributed by atoms with Crippen molar-refractivity contribution in [2.24, 2.45) is 16.3 Å². The van der Waals surface area contributed by atoms with E-state index in [0.717, 1.165) is 44.9 Å². The van der Waals surface area contributed by atoms with Crippen LogP contribution in [0.1, 0.15) is 52.5 Å². The van der Waals surface area contributed by atoms with E-state index in [1.165, 1.54) is 11.3 Å². The first-order chi connectivity index (χ1) is 14.3. The Morgan fingerprint density at radius 2 is 1.87 bits per heavy atom. The van der Waals surface area contributed by atoms with E-state index in [4.69, 9.17) is 9.73 Å². The van der Waals surface area contributed by atoms with E-state index >= 15 is 0 Å². The van der Waals surface area contributed by atoms with Gasteiger partial charge in [-0.05, 0) is 56.7 Å². The van der Waals surface area contributed by atoms with Crippen LogP contribution in [0, 0.1) is 11.3 Å². The molecule has 0 bridgehead atoms. The molecule has 168 valence electrons. The van der Waals surface area contributed by atoms with Gasteiger partial charge < -0.3 is 25.4 Å². The van der Waals surface area contributed by atoms with E-state index in [0.29, 0.717) is 25.1 Å². The topological polar surface area (TPSA) is 69.1 Å². The van der Waals surface area contributed by atoms with Gasteiger partial charge in [-0.25, -0.2) is 4.99 Å². The fourth-order valence-electron chi connectivity index (χ4n) is 4.56. The fourth-order valence-corrected chi connectivity index (χ4v) is 4.56. The van der Waals surface area contributed by atoms with Crippen molar-refractivity contribution in [1.82, 2.24) is 10.6 Å². The average molecular weight is 417 g/mol. The first-order valence-corrected chi connectivity index (χ1v) is 11.4. The van der Waals surface area contributed by atoms with Gasteiger partial charge in [0, 0.05) is 50.5 Å². The van der Waals surface area contributed by atoms with Crippen molar-refractivity contribution < 1.29 is 9.84 Å². The van der Waals surface area contributed by atoms with E-state index in [1.807, 2.05) is 0 Å². The number of aliphatic imine (C=N–C) groups is 1. The molecular formula is C24H40N4O2. The summed E-state index contributed by atoms with van der Waals surface area (Å²) in [4.78, 5) is 7.23. The number of aliphatic hydroxyl groups is 1.